The molecule has 150 valence electrons. The van der Waals surface area contributed by atoms with E-state index in [0.29, 0.717) is 30.0 Å². The van der Waals surface area contributed by atoms with Crippen molar-refractivity contribution < 1.29 is 4.79 Å². The van der Waals surface area contributed by atoms with Gasteiger partial charge in [-0.25, -0.2) is 4.98 Å². The fraction of sp³-hybridized carbons (Fsp3) is 0.286. The quantitative estimate of drug-likeness (QED) is 0.459. The molecule has 0 saturated heterocycles. The van der Waals surface area contributed by atoms with Crippen LogP contribution in [-0.4, -0.2) is 53.9 Å². The van der Waals surface area contributed by atoms with Crippen molar-refractivity contribution >= 4 is 22.8 Å². The number of carbonyl (C=O) groups is 1. The van der Waals surface area contributed by atoms with E-state index in [1.54, 1.807) is 25.2 Å². The van der Waals surface area contributed by atoms with Gasteiger partial charge in [0.15, 0.2) is 5.69 Å². The average Bonchev–Trinajstić information content (AvgIpc) is 3.40. The molecule has 1 aliphatic heterocycles. The minimum atomic E-state index is -0.209. The number of hydrogen-bond donors (Lipinski definition) is 1. The van der Waals surface area contributed by atoms with E-state index in [1.807, 2.05) is 30.1 Å². The molecule has 0 atom stereocenters. The van der Waals surface area contributed by atoms with Crippen LogP contribution in [0.15, 0.2) is 24.7 Å². The maximum absolute atomic E-state index is 13.2. The number of aryl methyl sites for hydroxylation is 3. The van der Waals surface area contributed by atoms with Gasteiger partial charge in [-0.1, -0.05) is 11.7 Å². The summed E-state index contributed by atoms with van der Waals surface area (Å²) in [4.78, 5) is 26.3. The lowest BCUT2D eigenvalue weighted by Gasteiger charge is -2.16. The van der Waals surface area contributed by atoms with Crippen molar-refractivity contribution in [3.8, 4) is 22.3 Å². The number of fused-ring (bicyclic) bond motifs is 6. The summed E-state index contributed by atoms with van der Waals surface area (Å²) in [5.74, 6) is 0.111. The second-order valence-electron chi connectivity index (χ2n) is 7.58. The molecular formula is C21H20N8O. The minimum Gasteiger partial charge on any atom is -0.362 e. The highest BCUT2D eigenvalue weighted by Gasteiger charge is 2.27. The normalized spacial score (nSPS) is 14.1. The number of aromatic amines is 1. The van der Waals surface area contributed by atoms with E-state index in [0.717, 1.165) is 34.3 Å². The van der Waals surface area contributed by atoms with Gasteiger partial charge in [0.05, 0.1) is 12.7 Å². The lowest BCUT2D eigenvalue weighted by molar-refractivity contribution is 0.0785. The molecule has 4 aromatic rings. The number of H-pyrrole nitrogens is 1. The molecule has 0 unspecified atom stereocenters. The molecule has 0 fully saturated rings. The van der Waals surface area contributed by atoms with Crippen LogP contribution in [-0.2, 0) is 13.6 Å². The summed E-state index contributed by atoms with van der Waals surface area (Å²) in [6, 6.07) is 1.97. The molecule has 9 heteroatoms. The van der Waals surface area contributed by atoms with Crippen LogP contribution in [0.25, 0.3) is 38.1 Å². The van der Waals surface area contributed by atoms with Crippen molar-refractivity contribution in [3.63, 3.8) is 0 Å². The van der Waals surface area contributed by atoms with E-state index in [4.69, 9.17) is 6.57 Å². The Bertz CT molecular complexity index is 1350. The van der Waals surface area contributed by atoms with E-state index in [1.165, 1.54) is 4.68 Å². The minimum absolute atomic E-state index is 0.209. The van der Waals surface area contributed by atoms with Gasteiger partial charge in [0.2, 0.25) is 0 Å². The highest BCUT2D eigenvalue weighted by Crippen LogP contribution is 2.37. The molecular weight excluding hydrogens is 380 g/mol. The topological polar surface area (TPSA) is 89.0 Å². The van der Waals surface area contributed by atoms with Gasteiger partial charge < -0.3 is 14.7 Å². The van der Waals surface area contributed by atoms with Crippen molar-refractivity contribution in [1.82, 2.24) is 34.4 Å². The molecule has 1 N–H and O–H groups in total. The summed E-state index contributed by atoms with van der Waals surface area (Å²) in [6.07, 6.45) is 6.42. The Balaban J connectivity index is 1.83. The Hall–Kier alpha value is -3.93. The molecule has 4 bridgehead atoms. The molecule has 9 nitrogen and oxygen atoms in total. The molecule has 0 aliphatic carbocycles. The maximum Gasteiger partial charge on any atom is 0.275 e. The lowest BCUT2D eigenvalue weighted by Crippen LogP contribution is -2.29. The van der Waals surface area contributed by atoms with Gasteiger partial charge >= 0.3 is 0 Å². The molecule has 0 radical (unpaired) electrons. The van der Waals surface area contributed by atoms with Crippen LogP contribution in [0, 0.1) is 13.5 Å². The standard InChI is InChI=1S/C21H20N8O/c1-12-16-11-29(25-12)7-5-6-27(3)21(30)18-17(20(22-2)28(4)26-18)13-8-14-15(16)10-24-19(14)23-9-13/h8-11H,5-7H2,1,3-4H3,(H,23,24). The van der Waals surface area contributed by atoms with Gasteiger partial charge in [0.25, 0.3) is 11.7 Å². The Morgan fingerprint density at radius 1 is 1.20 bits per heavy atom. The Labute approximate surface area is 172 Å². The summed E-state index contributed by atoms with van der Waals surface area (Å²) in [5, 5.41) is 9.96. The molecule has 5 heterocycles. The first-order valence-corrected chi connectivity index (χ1v) is 9.69. The molecule has 0 aromatic carbocycles. The highest BCUT2D eigenvalue weighted by molar-refractivity contribution is 6.04. The van der Waals surface area contributed by atoms with Gasteiger partial charge in [0, 0.05) is 60.8 Å². The number of aromatic nitrogens is 6. The predicted octanol–water partition coefficient (Wildman–Crippen LogP) is 3.16. The van der Waals surface area contributed by atoms with E-state index >= 15 is 0 Å². The first kappa shape index (κ1) is 18.1. The van der Waals surface area contributed by atoms with Gasteiger partial charge in [0.1, 0.15) is 5.65 Å². The van der Waals surface area contributed by atoms with E-state index in [9.17, 15) is 4.79 Å². The summed E-state index contributed by atoms with van der Waals surface area (Å²) in [6.45, 7) is 10.9. The maximum atomic E-state index is 13.2. The number of nitrogens with one attached hydrogen (secondary N) is 1. The Morgan fingerprint density at radius 2 is 2.03 bits per heavy atom. The second-order valence-corrected chi connectivity index (χ2v) is 7.58. The average molecular weight is 400 g/mol. The SMILES string of the molecule is [C-]#[N+]c1c2c(nn1C)C(=O)N(C)CCCn1cc(c(C)n1)-c1c[nH]c3ncc-2cc13. The van der Waals surface area contributed by atoms with Crippen molar-refractivity contribution in [2.75, 3.05) is 13.6 Å². The third kappa shape index (κ3) is 2.61. The van der Waals surface area contributed by atoms with Gasteiger partial charge in [-0.05, 0) is 25.0 Å². The predicted molar refractivity (Wildman–Crippen MR) is 112 cm³/mol. The first-order valence-electron chi connectivity index (χ1n) is 9.69. The zero-order valence-electron chi connectivity index (χ0n) is 17.0. The summed E-state index contributed by atoms with van der Waals surface area (Å²) in [7, 11) is 3.45. The van der Waals surface area contributed by atoms with Crippen molar-refractivity contribution in [2.24, 2.45) is 7.05 Å². The van der Waals surface area contributed by atoms with E-state index < -0.39 is 0 Å². The summed E-state index contributed by atoms with van der Waals surface area (Å²) < 4.78 is 3.39. The molecule has 4 aromatic heterocycles. The molecule has 1 aliphatic rings. The lowest BCUT2D eigenvalue weighted by atomic mass is 10.0. The number of nitrogens with zero attached hydrogens (tertiary/aromatic N) is 7. The third-order valence-corrected chi connectivity index (χ3v) is 5.61. The van der Waals surface area contributed by atoms with Gasteiger partial charge in [-0.3, -0.25) is 9.48 Å². The van der Waals surface area contributed by atoms with Gasteiger partial charge in [-0.15, -0.1) is 0 Å². The number of hydrogen-bond acceptors (Lipinski definition) is 4. The van der Waals surface area contributed by atoms with Crippen LogP contribution in [0.2, 0.25) is 0 Å². The summed E-state index contributed by atoms with van der Waals surface area (Å²) >= 11 is 0. The second kappa shape index (κ2) is 6.56. The van der Waals surface area contributed by atoms with Crippen molar-refractivity contribution in [1.29, 1.82) is 0 Å². The smallest absolute Gasteiger partial charge is 0.275 e. The van der Waals surface area contributed by atoms with Crippen molar-refractivity contribution in [2.45, 2.75) is 19.9 Å². The highest BCUT2D eigenvalue weighted by atomic mass is 16.2. The Morgan fingerprint density at radius 3 is 2.83 bits per heavy atom. The number of amides is 1. The Kier molecular flexibility index (Phi) is 3.96. The fourth-order valence-electron chi connectivity index (χ4n) is 4.07. The molecule has 0 saturated carbocycles. The first-order chi connectivity index (χ1) is 14.5. The zero-order valence-corrected chi connectivity index (χ0v) is 17.0. The van der Waals surface area contributed by atoms with Crippen LogP contribution in [0.5, 0.6) is 0 Å². The third-order valence-electron chi connectivity index (χ3n) is 5.61. The van der Waals surface area contributed by atoms with E-state index in [2.05, 4.69) is 25.0 Å². The monoisotopic (exact) mass is 400 g/mol. The van der Waals surface area contributed by atoms with E-state index in [-0.39, 0.29) is 11.6 Å². The molecule has 5 rings (SSSR count). The molecule has 30 heavy (non-hydrogen) atoms. The van der Waals surface area contributed by atoms with Crippen LogP contribution in [0.3, 0.4) is 0 Å². The van der Waals surface area contributed by atoms with Crippen molar-refractivity contribution in [3.05, 3.63) is 47.5 Å². The van der Waals surface area contributed by atoms with Crippen LogP contribution < -0.4 is 0 Å². The van der Waals surface area contributed by atoms with Crippen LogP contribution >= 0.6 is 0 Å². The molecule has 1 amide bonds. The fourth-order valence-corrected chi connectivity index (χ4v) is 4.07. The molecule has 0 spiro atoms. The number of rotatable bonds is 0. The zero-order chi connectivity index (χ0) is 21.0. The number of pyridine rings is 1. The van der Waals surface area contributed by atoms with Crippen LogP contribution in [0.1, 0.15) is 22.6 Å². The van der Waals surface area contributed by atoms with Crippen LogP contribution in [0.4, 0.5) is 5.82 Å². The number of carbonyl (C=O) groups excluding carboxylic acids is 1. The van der Waals surface area contributed by atoms with Gasteiger partial charge in [-0.2, -0.15) is 9.78 Å². The largest absolute Gasteiger partial charge is 0.362 e. The summed E-state index contributed by atoms with van der Waals surface area (Å²) in [5.41, 5.74) is 5.21.